The molecule has 0 N–H and O–H groups in total. The highest BCUT2D eigenvalue weighted by molar-refractivity contribution is 9.10. The first-order valence-electron chi connectivity index (χ1n) is 6.17. The SMILES string of the molecule is O=C(c1ccc(Br)cn1)N(Cc1ccsc1)C1CC1. The molecule has 0 saturated heterocycles. The van der Waals surface area contributed by atoms with Crippen LogP contribution in [0.3, 0.4) is 0 Å². The predicted molar refractivity (Wildman–Crippen MR) is 79.2 cm³/mol. The second kappa shape index (κ2) is 5.43. The number of pyridine rings is 1. The van der Waals surface area contributed by atoms with Crippen LogP contribution in [0, 0.1) is 0 Å². The number of nitrogens with zero attached hydrogens (tertiary/aromatic N) is 2. The van der Waals surface area contributed by atoms with Crippen LogP contribution in [0.1, 0.15) is 28.9 Å². The van der Waals surface area contributed by atoms with Gasteiger partial charge in [0.1, 0.15) is 5.69 Å². The Balaban J connectivity index is 1.79. The third kappa shape index (κ3) is 3.04. The molecular weight excluding hydrogens is 324 g/mol. The number of hydrogen-bond donors (Lipinski definition) is 0. The minimum Gasteiger partial charge on any atom is -0.330 e. The number of carbonyl (C=O) groups excluding carboxylic acids is 1. The molecule has 0 bridgehead atoms. The van der Waals surface area contributed by atoms with Crippen molar-refractivity contribution >= 4 is 33.2 Å². The van der Waals surface area contributed by atoms with Crippen LogP contribution in [0.25, 0.3) is 0 Å². The van der Waals surface area contributed by atoms with Crippen LogP contribution in [0.5, 0.6) is 0 Å². The summed E-state index contributed by atoms with van der Waals surface area (Å²) in [5, 5.41) is 4.14. The predicted octanol–water partition coefficient (Wildman–Crippen LogP) is 3.71. The van der Waals surface area contributed by atoms with Crippen molar-refractivity contribution in [1.82, 2.24) is 9.88 Å². The Bertz CT molecular complexity index is 564. The average Bonchev–Trinajstić information content (AvgIpc) is 3.13. The van der Waals surface area contributed by atoms with Crippen molar-refractivity contribution in [2.45, 2.75) is 25.4 Å². The molecule has 19 heavy (non-hydrogen) atoms. The molecule has 2 aromatic rings. The minimum atomic E-state index is 0.0289. The number of halogens is 1. The highest BCUT2D eigenvalue weighted by Gasteiger charge is 2.33. The van der Waals surface area contributed by atoms with Crippen molar-refractivity contribution in [3.63, 3.8) is 0 Å². The molecule has 3 rings (SSSR count). The van der Waals surface area contributed by atoms with Gasteiger partial charge in [0.2, 0.25) is 0 Å². The maximum Gasteiger partial charge on any atom is 0.272 e. The van der Waals surface area contributed by atoms with Gasteiger partial charge < -0.3 is 4.90 Å². The van der Waals surface area contributed by atoms with Crippen LogP contribution in [-0.4, -0.2) is 21.8 Å². The van der Waals surface area contributed by atoms with E-state index >= 15 is 0 Å². The fraction of sp³-hybridized carbons (Fsp3) is 0.286. The Morgan fingerprint density at radius 1 is 1.42 bits per heavy atom. The Kier molecular flexibility index (Phi) is 3.66. The van der Waals surface area contributed by atoms with E-state index in [2.05, 4.69) is 32.4 Å². The number of hydrogen-bond acceptors (Lipinski definition) is 3. The van der Waals surface area contributed by atoms with Gasteiger partial charge in [-0.25, -0.2) is 4.98 Å². The largest absolute Gasteiger partial charge is 0.330 e. The van der Waals surface area contributed by atoms with E-state index in [-0.39, 0.29) is 5.91 Å². The van der Waals surface area contributed by atoms with Gasteiger partial charge in [0.25, 0.3) is 5.91 Å². The molecule has 98 valence electrons. The van der Waals surface area contributed by atoms with Crippen molar-refractivity contribution in [3.8, 4) is 0 Å². The van der Waals surface area contributed by atoms with Crippen LogP contribution in [0.2, 0.25) is 0 Å². The summed E-state index contributed by atoms with van der Waals surface area (Å²) in [6.07, 6.45) is 3.88. The van der Waals surface area contributed by atoms with Crippen molar-refractivity contribution in [3.05, 3.63) is 50.9 Å². The molecule has 3 nitrogen and oxygen atoms in total. The second-order valence-electron chi connectivity index (χ2n) is 4.66. The van der Waals surface area contributed by atoms with Crippen molar-refractivity contribution in [2.24, 2.45) is 0 Å². The maximum atomic E-state index is 12.5. The summed E-state index contributed by atoms with van der Waals surface area (Å²) in [5.74, 6) is 0.0289. The summed E-state index contributed by atoms with van der Waals surface area (Å²) in [4.78, 5) is 18.7. The summed E-state index contributed by atoms with van der Waals surface area (Å²) < 4.78 is 0.889. The lowest BCUT2D eigenvalue weighted by Gasteiger charge is -2.21. The van der Waals surface area contributed by atoms with Crippen LogP contribution in [-0.2, 0) is 6.54 Å². The molecule has 0 spiro atoms. The summed E-state index contributed by atoms with van der Waals surface area (Å²) in [6.45, 7) is 0.685. The summed E-state index contributed by atoms with van der Waals surface area (Å²) in [6, 6.07) is 6.09. The molecule has 2 aromatic heterocycles. The standard InChI is InChI=1S/C14H13BrN2OS/c15-11-1-4-13(16-7-11)14(18)17(12-2-3-12)8-10-5-6-19-9-10/h1,4-7,9,12H,2-3,8H2. The van der Waals surface area contributed by atoms with Crippen molar-refractivity contribution in [1.29, 1.82) is 0 Å². The zero-order chi connectivity index (χ0) is 13.2. The molecule has 0 aliphatic heterocycles. The van der Waals surface area contributed by atoms with E-state index in [1.807, 2.05) is 16.3 Å². The first kappa shape index (κ1) is 12.8. The lowest BCUT2D eigenvalue weighted by Crippen LogP contribution is -2.33. The van der Waals surface area contributed by atoms with E-state index in [1.165, 1.54) is 5.56 Å². The lowest BCUT2D eigenvalue weighted by molar-refractivity contribution is 0.0724. The fourth-order valence-electron chi connectivity index (χ4n) is 1.98. The average molecular weight is 337 g/mol. The van der Waals surface area contributed by atoms with Gasteiger partial charge in [-0.2, -0.15) is 11.3 Å². The molecule has 1 fully saturated rings. The molecule has 1 amide bonds. The van der Waals surface area contributed by atoms with Gasteiger partial charge in [0, 0.05) is 23.3 Å². The minimum absolute atomic E-state index is 0.0289. The van der Waals surface area contributed by atoms with Gasteiger partial charge in [-0.1, -0.05) is 0 Å². The topological polar surface area (TPSA) is 33.2 Å². The van der Waals surface area contributed by atoms with Gasteiger partial charge in [-0.15, -0.1) is 0 Å². The quantitative estimate of drug-likeness (QED) is 0.852. The molecule has 1 aliphatic carbocycles. The Labute approximate surface area is 124 Å². The van der Waals surface area contributed by atoms with E-state index in [1.54, 1.807) is 23.6 Å². The van der Waals surface area contributed by atoms with Crippen LogP contribution < -0.4 is 0 Å². The monoisotopic (exact) mass is 336 g/mol. The summed E-state index contributed by atoms with van der Waals surface area (Å²) in [5.41, 5.74) is 1.72. The Morgan fingerprint density at radius 3 is 2.84 bits per heavy atom. The van der Waals surface area contributed by atoms with E-state index in [0.29, 0.717) is 18.3 Å². The van der Waals surface area contributed by atoms with E-state index in [0.717, 1.165) is 17.3 Å². The van der Waals surface area contributed by atoms with Gasteiger partial charge in [-0.3, -0.25) is 4.79 Å². The molecule has 0 atom stereocenters. The molecule has 0 unspecified atom stereocenters. The van der Waals surface area contributed by atoms with Crippen molar-refractivity contribution < 1.29 is 4.79 Å². The molecule has 1 saturated carbocycles. The molecule has 5 heteroatoms. The maximum absolute atomic E-state index is 12.5. The van der Waals surface area contributed by atoms with E-state index in [9.17, 15) is 4.79 Å². The number of amides is 1. The van der Waals surface area contributed by atoms with Gasteiger partial charge in [-0.05, 0) is 63.3 Å². The van der Waals surface area contributed by atoms with E-state index in [4.69, 9.17) is 0 Å². The second-order valence-corrected chi connectivity index (χ2v) is 6.35. The number of carbonyl (C=O) groups is 1. The van der Waals surface area contributed by atoms with Crippen molar-refractivity contribution in [2.75, 3.05) is 0 Å². The summed E-state index contributed by atoms with van der Waals surface area (Å²) in [7, 11) is 0. The first-order chi connectivity index (χ1) is 9.24. The van der Waals surface area contributed by atoms with Gasteiger partial charge in [0.15, 0.2) is 0 Å². The smallest absolute Gasteiger partial charge is 0.272 e. The first-order valence-corrected chi connectivity index (χ1v) is 7.91. The number of aromatic nitrogens is 1. The molecule has 1 aliphatic rings. The third-order valence-corrected chi connectivity index (χ3v) is 4.33. The van der Waals surface area contributed by atoms with Crippen LogP contribution in [0.4, 0.5) is 0 Å². The third-order valence-electron chi connectivity index (χ3n) is 3.13. The summed E-state index contributed by atoms with van der Waals surface area (Å²) >= 11 is 5.00. The molecule has 0 radical (unpaired) electrons. The zero-order valence-electron chi connectivity index (χ0n) is 10.3. The highest BCUT2D eigenvalue weighted by Crippen LogP contribution is 2.30. The number of rotatable bonds is 4. The molecule has 2 heterocycles. The molecular formula is C14H13BrN2OS. The van der Waals surface area contributed by atoms with Crippen LogP contribution >= 0.6 is 27.3 Å². The molecule has 0 aromatic carbocycles. The van der Waals surface area contributed by atoms with Gasteiger partial charge in [0.05, 0.1) is 0 Å². The number of thiophene rings is 1. The Hall–Kier alpha value is -1.20. The van der Waals surface area contributed by atoms with Gasteiger partial charge >= 0.3 is 0 Å². The zero-order valence-corrected chi connectivity index (χ0v) is 12.7. The lowest BCUT2D eigenvalue weighted by atomic mass is 10.2. The van der Waals surface area contributed by atoms with Crippen LogP contribution in [0.15, 0.2) is 39.6 Å². The normalized spacial score (nSPS) is 14.4. The Morgan fingerprint density at radius 2 is 2.26 bits per heavy atom. The van der Waals surface area contributed by atoms with E-state index < -0.39 is 0 Å². The highest BCUT2D eigenvalue weighted by atomic mass is 79.9. The fourth-order valence-corrected chi connectivity index (χ4v) is 2.88.